The Morgan fingerprint density at radius 2 is 2.19 bits per heavy atom. The van der Waals surface area contributed by atoms with E-state index in [1.54, 1.807) is 17.2 Å². The van der Waals surface area contributed by atoms with Gasteiger partial charge in [0.15, 0.2) is 0 Å². The fourth-order valence-electron chi connectivity index (χ4n) is 1.32. The molecule has 16 heavy (non-hydrogen) atoms. The van der Waals surface area contributed by atoms with Crippen molar-refractivity contribution in [1.29, 1.82) is 0 Å². The Labute approximate surface area is 103 Å². The van der Waals surface area contributed by atoms with Gasteiger partial charge in [-0.3, -0.25) is 9.88 Å². The normalized spacial score (nSPS) is 11.4. The zero-order chi connectivity index (χ0) is 12.0. The van der Waals surface area contributed by atoms with Crippen LogP contribution >= 0.6 is 23.2 Å². The van der Waals surface area contributed by atoms with Crippen LogP contribution in [0.3, 0.4) is 0 Å². The van der Waals surface area contributed by atoms with Gasteiger partial charge >= 0.3 is 0 Å². The Kier molecular flexibility index (Phi) is 5.95. The lowest BCUT2D eigenvalue weighted by atomic mass is 10.2. The fraction of sp³-hybridized carbons (Fsp3) is 0.500. The molecule has 1 aromatic heterocycles. The van der Waals surface area contributed by atoms with Crippen LogP contribution in [0, 0.1) is 0 Å². The first-order chi connectivity index (χ1) is 7.63. The molecule has 0 fully saturated rings. The summed E-state index contributed by atoms with van der Waals surface area (Å²) in [7, 11) is 0. The summed E-state index contributed by atoms with van der Waals surface area (Å²) in [6, 6.07) is 1.72. The summed E-state index contributed by atoms with van der Waals surface area (Å²) in [5.41, 5.74) is 0.780. The molecule has 0 saturated heterocycles. The monoisotopic (exact) mass is 268 g/mol. The lowest BCUT2D eigenvalue weighted by Crippen LogP contribution is -2.30. The van der Waals surface area contributed by atoms with Crippen molar-refractivity contribution >= 4 is 23.2 Å². The van der Waals surface area contributed by atoms with Gasteiger partial charge in [0, 0.05) is 31.4 Å². The Bertz CT molecular complexity index is 323. The van der Waals surface area contributed by atoms with E-state index in [-0.39, 0.29) is 6.54 Å². The van der Waals surface area contributed by atoms with E-state index in [1.165, 1.54) is 6.20 Å². The number of nitrogens with zero attached hydrogens (tertiary/aromatic N) is 2. The van der Waals surface area contributed by atoms with Crippen molar-refractivity contribution < 1.29 is 8.78 Å². The lowest BCUT2D eigenvalue weighted by Gasteiger charge is -2.21. The van der Waals surface area contributed by atoms with Gasteiger partial charge in [0.05, 0.1) is 11.6 Å². The third-order valence-corrected chi connectivity index (χ3v) is 2.56. The summed E-state index contributed by atoms with van der Waals surface area (Å²) >= 11 is 11.4. The number of halogens is 4. The molecule has 0 amide bonds. The van der Waals surface area contributed by atoms with Crippen molar-refractivity contribution in [2.45, 2.75) is 13.0 Å². The number of hydrogen-bond acceptors (Lipinski definition) is 2. The van der Waals surface area contributed by atoms with Gasteiger partial charge in [-0.15, -0.1) is 11.6 Å². The van der Waals surface area contributed by atoms with Gasteiger partial charge in [-0.1, -0.05) is 11.6 Å². The molecule has 0 bridgehead atoms. The van der Waals surface area contributed by atoms with Crippen LogP contribution in [0.25, 0.3) is 0 Å². The van der Waals surface area contributed by atoms with E-state index in [0.717, 1.165) is 5.56 Å². The van der Waals surface area contributed by atoms with Crippen LogP contribution in [0.5, 0.6) is 0 Å². The van der Waals surface area contributed by atoms with Crippen LogP contribution in [0.2, 0.25) is 5.02 Å². The van der Waals surface area contributed by atoms with E-state index >= 15 is 0 Å². The number of pyridine rings is 1. The van der Waals surface area contributed by atoms with Crippen LogP contribution in [0.1, 0.15) is 5.56 Å². The maximum absolute atomic E-state index is 12.3. The minimum absolute atomic E-state index is 0.300. The molecule has 0 aliphatic rings. The highest BCUT2D eigenvalue weighted by atomic mass is 35.5. The van der Waals surface area contributed by atoms with Gasteiger partial charge in [-0.25, -0.2) is 8.78 Å². The molecule has 1 aromatic rings. The number of rotatable bonds is 6. The second-order valence-corrected chi connectivity index (χ2v) is 4.07. The Morgan fingerprint density at radius 3 is 2.75 bits per heavy atom. The van der Waals surface area contributed by atoms with Gasteiger partial charge in [0.25, 0.3) is 6.43 Å². The Morgan fingerprint density at radius 1 is 1.44 bits per heavy atom. The number of alkyl halides is 3. The predicted molar refractivity (Wildman–Crippen MR) is 61.2 cm³/mol. The van der Waals surface area contributed by atoms with Crippen LogP contribution in [-0.2, 0) is 6.54 Å². The maximum Gasteiger partial charge on any atom is 0.251 e. The summed E-state index contributed by atoms with van der Waals surface area (Å²) in [4.78, 5) is 5.40. The van der Waals surface area contributed by atoms with Gasteiger partial charge in [-0.05, 0) is 11.6 Å². The highest BCUT2D eigenvalue weighted by Gasteiger charge is 2.13. The second-order valence-electron chi connectivity index (χ2n) is 3.28. The molecule has 90 valence electrons. The SMILES string of the molecule is FC(F)CN(CCCl)Cc1ccncc1Cl. The van der Waals surface area contributed by atoms with Gasteiger partial charge < -0.3 is 0 Å². The average Bonchev–Trinajstić information content (AvgIpc) is 2.21. The first-order valence-corrected chi connectivity index (χ1v) is 5.69. The predicted octanol–water partition coefficient (Wildman–Crippen LogP) is 3.04. The zero-order valence-corrected chi connectivity index (χ0v) is 10.1. The molecular formula is C10H12Cl2F2N2. The average molecular weight is 269 g/mol. The fourth-order valence-corrected chi connectivity index (χ4v) is 1.74. The van der Waals surface area contributed by atoms with E-state index < -0.39 is 6.43 Å². The first kappa shape index (κ1) is 13.6. The van der Waals surface area contributed by atoms with Crippen LogP contribution in [0.4, 0.5) is 8.78 Å². The topological polar surface area (TPSA) is 16.1 Å². The minimum Gasteiger partial charge on any atom is -0.292 e. The van der Waals surface area contributed by atoms with Crippen LogP contribution in [-0.4, -0.2) is 35.3 Å². The Balaban J connectivity index is 2.64. The molecule has 0 aromatic carbocycles. The third-order valence-electron chi connectivity index (χ3n) is 2.05. The number of aromatic nitrogens is 1. The molecule has 0 unspecified atom stereocenters. The zero-order valence-electron chi connectivity index (χ0n) is 8.54. The van der Waals surface area contributed by atoms with Crippen molar-refractivity contribution in [3.8, 4) is 0 Å². The van der Waals surface area contributed by atoms with Crippen LogP contribution in [0.15, 0.2) is 18.5 Å². The molecule has 6 heteroatoms. The molecule has 0 aliphatic carbocycles. The van der Waals surface area contributed by atoms with Crippen molar-refractivity contribution in [2.24, 2.45) is 0 Å². The molecule has 0 saturated carbocycles. The van der Waals surface area contributed by atoms with Gasteiger partial charge in [0.1, 0.15) is 0 Å². The highest BCUT2D eigenvalue weighted by molar-refractivity contribution is 6.31. The van der Waals surface area contributed by atoms with Gasteiger partial charge in [0.2, 0.25) is 0 Å². The van der Waals surface area contributed by atoms with Crippen molar-refractivity contribution in [3.63, 3.8) is 0 Å². The van der Waals surface area contributed by atoms with Crippen molar-refractivity contribution in [2.75, 3.05) is 19.0 Å². The lowest BCUT2D eigenvalue weighted by molar-refractivity contribution is 0.0878. The maximum atomic E-state index is 12.3. The summed E-state index contributed by atoms with van der Waals surface area (Å²) in [5.74, 6) is 0.315. The smallest absolute Gasteiger partial charge is 0.251 e. The van der Waals surface area contributed by atoms with E-state index in [9.17, 15) is 8.78 Å². The molecule has 0 radical (unpaired) electrons. The molecular weight excluding hydrogens is 257 g/mol. The molecule has 1 rings (SSSR count). The molecule has 2 nitrogen and oxygen atoms in total. The highest BCUT2D eigenvalue weighted by Crippen LogP contribution is 2.16. The van der Waals surface area contributed by atoms with E-state index in [2.05, 4.69) is 4.98 Å². The molecule has 1 heterocycles. The van der Waals surface area contributed by atoms with E-state index in [4.69, 9.17) is 23.2 Å². The second kappa shape index (κ2) is 6.99. The van der Waals surface area contributed by atoms with Crippen LogP contribution < -0.4 is 0 Å². The van der Waals surface area contributed by atoms with Crippen molar-refractivity contribution in [3.05, 3.63) is 29.0 Å². The summed E-state index contributed by atoms with van der Waals surface area (Å²) in [6.07, 6.45) is 0.712. The van der Waals surface area contributed by atoms with Crippen molar-refractivity contribution in [1.82, 2.24) is 9.88 Å². The van der Waals surface area contributed by atoms with E-state index in [1.807, 2.05) is 0 Å². The standard InChI is InChI=1S/C10H12Cl2F2N2/c11-2-4-16(7-10(13)14)6-8-1-3-15-5-9(8)12/h1,3,5,10H,2,4,6-7H2. The molecule has 0 spiro atoms. The van der Waals surface area contributed by atoms with E-state index in [0.29, 0.717) is 24.0 Å². The molecule has 0 aliphatic heterocycles. The Hall–Kier alpha value is -0.450. The molecule has 0 atom stereocenters. The summed E-state index contributed by atoms with van der Waals surface area (Å²) in [5, 5.41) is 0.483. The summed E-state index contributed by atoms with van der Waals surface area (Å²) < 4.78 is 24.6. The quantitative estimate of drug-likeness (QED) is 0.738. The minimum atomic E-state index is -2.37. The van der Waals surface area contributed by atoms with Gasteiger partial charge in [-0.2, -0.15) is 0 Å². The first-order valence-electron chi connectivity index (χ1n) is 4.78. The summed E-state index contributed by atoms with van der Waals surface area (Å²) in [6.45, 7) is 0.467. The third kappa shape index (κ3) is 4.60. The molecule has 0 N–H and O–H groups in total. The largest absolute Gasteiger partial charge is 0.292 e. The number of hydrogen-bond donors (Lipinski definition) is 0.